The number of hydrogen-bond acceptors (Lipinski definition) is 5. The normalized spacial score (nSPS) is 11.6. The zero-order chi connectivity index (χ0) is 17.7. The second-order valence-electron chi connectivity index (χ2n) is 4.67. The van der Waals surface area contributed by atoms with Gasteiger partial charge in [0.15, 0.2) is 0 Å². The summed E-state index contributed by atoms with van der Waals surface area (Å²) in [5.41, 5.74) is 2.41. The van der Waals surface area contributed by atoms with Gasteiger partial charge in [-0.2, -0.15) is 5.10 Å². The third kappa shape index (κ3) is 5.20. The number of sulfonamides is 1. The molecule has 2 aromatic rings. The van der Waals surface area contributed by atoms with Crippen LogP contribution in [0.15, 0.2) is 40.8 Å². The minimum Gasteiger partial charge on any atom is -0.271 e. The van der Waals surface area contributed by atoms with Crippen molar-refractivity contribution < 1.29 is 13.2 Å². The van der Waals surface area contributed by atoms with E-state index in [4.69, 9.17) is 23.2 Å². The second-order valence-corrected chi connectivity index (χ2v) is 8.40. The van der Waals surface area contributed by atoms with Gasteiger partial charge in [0.25, 0.3) is 5.91 Å². The smallest absolute Gasteiger partial charge is 0.260 e. The Balaban J connectivity index is 2.15. The summed E-state index contributed by atoms with van der Waals surface area (Å²) in [7, 11) is -3.74. The molecule has 128 valence electrons. The molecule has 0 aliphatic heterocycles. The van der Waals surface area contributed by atoms with Crippen LogP contribution in [-0.2, 0) is 14.8 Å². The van der Waals surface area contributed by atoms with E-state index in [9.17, 15) is 13.2 Å². The van der Waals surface area contributed by atoms with Gasteiger partial charge in [-0.25, -0.2) is 13.8 Å². The van der Waals surface area contributed by atoms with Gasteiger partial charge in [-0.1, -0.05) is 29.3 Å². The molecule has 0 bridgehead atoms. The van der Waals surface area contributed by atoms with E-state index in [1.54, 1.807) is 0 Å². The first kappa shape index (κ1) is 18.7. The van der Waals surface area contributed by atoms with Gasteiger partial charge < -0.3 is 0 Å². The van der Waals surface area contributed by atoms with Gasteiger partial charge in [-0.3, -0.25) is 9.10 Å². The molecule has 1 amide bonds. The third-order valence-electron chi connectivity index (χ3n) is 2.79. The second kappa shape index (κ2) is 7.98. The Morgan fingerprint density at radius 3 is 2.75 bits per heavy atom. The number of anilines is 1. The number of rotatable bonds is 6. The fourth-order valence-corrected chi connectivity index (χ4v) is 3.64. The summed E-state index contributed by atoms with van der Waals surface area (Å²) < 4.78 is 24.9. The van der Waals surface area contributed by atoms with E-state index in [1.165, 1.54) is 35.8 Å². The number of benzene rings is 1. The number of thiophene rings is 1. The van der Waals surface area contributed by atoms with Crippen LogP contribution in [0.2, 0.25) is 10.0 Å². The molecule has 1 aromatic carbocycles. The fraction of sp³-hybridized carbons (Fsp3) is 0.143. The van der Waals surface area contributed by atoms with Crippen molar-refractivity contribution in [1.82, 2.24) is 5.43 Å². The highest BCUT2D eigenvalue weighted by Gasteiger charge is 2.23. The number of nitrogens with zero attached hydrogens (tertiary/aromatic N) is 2. The fourth-order valence-electron chi connectivity index (χ4n) is 1.76. The van der Waals surface area contributed by atoms with Gasteiger partial charge in [0, 0.05) is 9.90 Å². The summed E-state index contributed by atoms with van der Waals surface area (Å²) in [6.45, 7) is -0.472. The molecule has 0 spiro atoms. The zero-order valence-electron chi connectivity index (χ0n) is 12.4. The summed E-state index contributed by atoms with van der Waals surface area (Å²) in [6.07, 6.45) is 2.45. The first-order valence-electron chi connectivity index (χ1n) is 6.55. The van der Waals surface area contributed by atoms with E-state index in [0.717, 1.165) is 15.4 Å². The molecule has 0 unspecified atom stereocenters. The van der Waals surface area contributed by atoms with Gasteiger partial charge in [0.05, 0.1) is 23.2 Å². The summed E-state index contributed by atoms with van der Waals surface area (Å²) in [6, 6.07) is 8.05. The lowest BCUT2D eigenvalue weighted by Gasteiger charge is -2.22. The number of halogens is 2. The van der Waals surface area contributed by atoms with Crippen molar-refractivity contribution in [2.45, 2.75) is 0 Å². The molecule has 1 aromatic heterocycles. The van der Waals surface area contributed by atoms with Crippen LogP contribution >= 0.6 is 34.5 Å². The topological polar surface area (TPSA) is 78.8 Å². The summed E-state index contributed by atoms with van der Waals surface area (Å²) >= 11 is 13.4. The predicted octanol–water partition coefficient (Wildman–Crippen LogP) is 2.97. The Hall–Kier alpha value is -1.61. The van der Waals surface area contributed by atoms with Crippen LogP contribution in [0.5, 0.6) is 0 Å². The van der Waals surface area contributed by atoms with E-state index in [0.29, 0.717) is 5.02 Å². The van der Waals surface area contributed by atoms with Gasteiger partial charge >= 0.3 is 0 Å². The van der Waals surface area contributed by atoms with Crippen molar-refractivity contribution in [3.63, 3.8) is 0 Å². The molecule has 1 N–H and O–H groups in total. The lowest BCUT2D eigenvalue weighted by Crippen LogP contribution is -2.39. The highest BCUT2D eigenvalue weighted by atomic mass is 35.5. The van der Waals surface area contributed by atoms with Gasteiger partial charge in [0.1, 0.15) is 6.54 Å². The lowest BCUT2D eigenvalue weighted by atomic mass is 10.3. The maximum Gasteiger partial charge on any atom is 0.260 e. The van der Waals surface area contributed by atoms with E-state index in [-0.39, 0.29) is 10.7 Å². The van der Waals surface area contributed by atoms with Crippen molar-refractivity contribution in [2.24, 2.45) is 5.10 Å². The van der Waals surface area contributed by atoms with E-state index >= 15 is 0 Å². The molecule has 10 heteroatoms. The lowest BCUT2D eigenvalue weighted by molar-refractivity contribution is -0.119. The van der Waals surface area contributed by atoms with Gasteiger partial charge in [-0.05, 0) is 29.6 Å². The molecule has 0 aliphatic rings. The molecular formula is C14H13Cl2N3O3S2. The number of carbonyl (C=O) groups is 1. The Labute approximate surface area is 153 Å². The monoisotopic (exact) mass is 405 g/mol. The molecule has 0 radical (unpaired) electrons. The first-order valence-corrected chi connectivity index (χ1v) is 10.0. The summed E-state index contributed by atoms with van der Waals surface area (Å²) in [5.74, 6) is -0.607. The van der Waals surface area contributed by atoms with Crippen LogP contribution in [0.3, 0.4) is 0 Å². The number of amides is 1. The summed E-state index contributed by atoms with van der Waals surface area (Å²) in [5, 5.41) is 6.13. The molecule has 24 heavy (non-hydrogen) atoms. The first-order chi connectivity index (χ1) is 11.3. The Kier molecular flexibility index (Phi) is 6.22. The molecule has 0 saturated heterocycles. The standard InChI is InChI=1S/C14H13Cl2N3O3S2/c1-24(21,22)19(13-7-10(15)4-5-12(13)16)9-14(20)18-17-8-11-3-2-6-23-11/h2-8H,9H2,1H3,(H,18,20)/b17-8-. The number of hydrogen-bond donors (Lipinski definition) is 1. The van der Waals surface area contributed by atoms with Crippen molar-refractivity contribution in [3.8, 4) is 0 Å². The van der Waals surface area contributed by atoms with Crippen LogP contribution in [0, 0.1) is 0 Å². The van der Waals surface area contributed by atoms with Gasteiger partial charge in [0.2, 0.25) is 10.0 Å². The highest BCUT2D eigenvalue weighted by molar-refractivity contribution is 7.92. The van der Waals surface area contributed by atoms with Crippen molar-refractivity contribution >= 4 is 62.4 Å². The van der Waals surface area contributed by atoms with Crippen molar-refractivity contribution in [3.05, 3.63) is 50.6 Å². The highest BCUT2D eigenvalue weighted by Crippen LogP contribution is 2.30. The molecule has 0 fully saturated rings. The molecule has 0 atom stereocenters. The quantitative estimate of drug-likeness (QED) is 0.592. The Morgan fingerprint density at radius 1 is 1.38 bits per heavy atom. The summed E-state index contributed by atoms with van der Waals surface area (Å²) in [4.78, 5) is 12.8. The number of hydrazone groups is 1. The average Bonchev–Trinajstić information content (AvgIpc) is 3.00. The van der Waals surface area contributed by atoms with Crippen molar-refractivity contribution in [1.29, 1.82) is 0 Å². The largest absolute Gasteiger partial charge is 0.271 e. The minimum atomic E-state index is -3.74. The van der Waals surface area contributed by atoms with E-state index < -0.39 is 22.5 Å². The Morgan fingerprint density at radius 2 is 2.12 bits per heavy atom. The molecule has 1 heterocycles. The van der Waals surface area contributed by atoms with Crippen LogP contribution in [0.4, 0.5) is 5.69 Å². The Bertz CT molecular complexity index is 852. The minimum absolute atomic E-state index is 0.129. The maximum atomic E-state index is 12.0. The van der Waals surface area contributed by atoms with Crippen LogP contribution in [-0.4, -0.2) is 33.3 Å². The number of nitrogens with one attached hydrogen (secondary N) is 1. The van der Waals surface area contributed by atoms with Crippen LogP contribution in [0.1, 0.15) is 4.88 Å². The number of carbonyl (C=O) groups excluding carboxylic acids is 1. The van der Waals surface area contributed by atoms with E-state index in [2.05, 4.69) is 10.5 Å². The third-order valence-corrected chi connectivity index (χ3v) is 5.28. The molecule has 0 saturated carbocycles. The molecule has 6 nitrogen and oxygen atoms in total. The predicted molar refractivity (Wildman–Crippen MR) is 98.7 cm³/mol. The maximum absolute atomic E-state index is 12.0. The van der Waals surface area contributed by atoms with Gasteiger partial charge in [-0.15, -0.1) is 11.3 Å². The zero-order valence-corrected chi connectivity index (χ0v) is 15.6. The molecule has 2 rings (SSSR count). The molecule has 0 aliphatic carbocycles. The van der Waals surface area contributed by atoms with Crippen LogP contribution < -0.4 is 9.73 Å². The van der Waals surface area contributed by atoms with E-state index in [1.807, 2.05) is 17.5 Å². The molecular weight excluding hydrogens is 393 g/mol. The van der Waals surface area contributed by atoms with Crippen LogP contribution in [0.25, 0.3) is 0 Å². The average molecular weight is 406 g/mol. The SMILES string of the molecule is CS(=O)(=O)N(CC(=O)N/N=C\c1cccs1)c1cc(Cl)ccc1Cl. The van der Waals surface area contributed by atoms with Crippen molar-refractivity contribution in [2.75, 3.05) is 17.1 Å².